The van der Waals surface area contributed by atoms with E-state index in [4.69, 9.17) is 5.73 Å². The van der Waals surface area contributed by atoms with Crippen LogP contribution in [0, 0.1) is 5.41 Å². The van der Waals surface area contributed by atoms with E-state index in [2.05, 4.69) is 13.8 Å². The second kappa shape index (κ2) is 4.57. The Bertz CT molecular complexity index is 634. The topological polar surface area (TPSA) is 60.2 Å². The zero-order valence-corrected chi connectivity index (χ0v) is 13.0. The normalized spacial score (nSPS) is 28.6. The van der Waals surface area contributed by atoms with Crippen LogP contribution in [0.3, 0.4) is 0 Å². The Labute approximate surface area is 121 Å². The molecule has 2 N–H and O–H groups in total. The molecule has 20 heavy (non-hydrogen) atoms. The van der Waals surface area contributed by atoms with Crippen molar-refractivity contribution in [1.82, 2.24) is 0 Å². The molecule has 1 aromatic rings. The molecule has 0 amide bonds. The Balaban J connectivity index is 1.97. The first kappa shape index (κ1) is 14.1. The number of hydrogen-bond donors (Lipinski definition) is 1. The van der Waals surface area contributed by atoms with E-state index in [1.54, 1.807) is 6.07 Å². The van der Waals surface area contributed by atoms with Crippen LogP contribution in [0.15, 0.2) is 23.1 Å². The number of aryl methyl sites for hydroxylation is 2. The summed E-state index contributed by atoms with van der Waals surface area (Å²) < 4.78 is 25.7. The fourth-order valence-electron chi connectivity index (χ4n) is 3.61. The van der Waals surface area contributed by atoms with Gasteiger partial charge in [0.2, 0.25) is 0 Å². The second-order valence-electron chi connectivity index (χ2n) is 6.92. The van der Waals surface area contributed by atoms with Crippen LogP contribution in [-0.4, -0.2) is 19.7 Å². The number of sulfone groups is 1. The zero-order valence-electron chi connectivity index (χ0n) is 12.2. The Morgan fingerprint density at radius 2 is 1.90 bits per heavy atom. The largest absolute Gasteiger partial charge is 0.326 e. The molecule has 0 bridgehead atoms. The van der Waals surface area contributed by atoms with Crippen molar-refractivity contribution in [3.05, 3.63) is 29.3 Å². The van der Waals surface area contributed by atoms with Crippen LogP contribution in [0.2, 0.25) is 0 Å². The van der Waals surface area contributed by atoms with Gasteiger partial charge in [-0.15, -0.1) is 0 Å². The van der Waals surface area contributed by atoms with Gasteiger partial charge in [-0.25, -0.2) is 8.42 Å². The highest BCUT2D eigenvalue weighted by Crippen LogP contribution is 2.41. The molecule has 1 saturated carbocycles. The third kappa shape index (κ3) is 2.09. The summed E-state index contributed by atoms with van der Waals surface area (Å²) in [6.45, 7) is 4.13. The third-order valence-corrected chi connectivity index (χ3v) is 7.41. The van der Waals surface area contributed by atoms with E-state index in [0.29, 0.717) is 11.3 Å². The van der Waals surface area contributed by atoms with Crippen molar-refractivity contribution in [3.8, 4) is 0 Å². The molecule has 2 aliphatic carbocycles. The molecule has 2 aliphatic rings. The standard InChI is InChI=1S/C16H23NO2S/c1-16(2)9-8-14(15(16)17)20(18,19)13-7-6-11-4-3-5-12(11)10-13/h6-7,10,14-15H,3-5,8-9,17H2,1-2H3. The van der Waals surface area contributed by atoms with E-state index in [1.165, 1.54) is 11.1 Å². The lowest BCUT2D eigenvalue weighted by atomic mass is 9.88. The van der Waals surface area contributed by atoms with Crippen LogP contribution in [0.5, 0.6) is 0 Å². The molecule has 3 rings (SSSR count). The minimum Gasteiger partial charge on any atom is -0.326 e. The van der Waals surface area contributed by atoms with Crippen molar-refractivity contribution in [3.63, 3.8) is 0 Å². The van der Waals surface area contributed by atoms with E-state index in [-0.39, 0.29) is 11.5 Å². The maximum absolute atomic E-state index is 12.9. The van der Waals surface area contributed by atoms with Gasteiger partial charge >= 0.3 is 0 Å². The highest BCUT2D eigenvalue weighted by molar-refractivity contribution is 7.92. The Hall–Kier alpha value is -0.870. The summed E-state index contributed by atoms with van der Waals surface area (Å²) in [5.74, 6) is 0. The van der Waals surface area contributed by atoms with Crippen LogP contribution < -0.4 is 5.73 Å². The van der Waals surface area contributed by atoms with Gasteiger partial charge in [-0.2, -0.15) is 0 Å². The number of benzene rings is 1. The molecule has 4 heteroatoms. The molecule has 3 nitrogen and oxygen atoms in total. The van der Waals surface area contributed by atoms with Gasteiger partial charge in [0.05, 0.1) is 10.1 Å². The van der Waals surface area contributed by atoms with Gasteiger partial charge in [0.15, 0.2) is 9.84 Å². The first-order valence-electron chi connectivity index (χ1n) is 7.44. The first-order valence-corrected chi connectivity index (χ1v) is 8.98. The van der Waals surface area contributed by atoms with Gasteiger partial charge in [-0.1, -0.05) is 19.9 Å². The third-order valence-electron chi connectivity index (χ3n) is 5.17. The highest BCUT2D eigenvalue weighted by Gasteiger charge is 2.46. The van der Waals surface area contributed by atoms with Gasteiger partial charge in [0.1, 0.15) is 0 Å². The molecule has 0 radical (unpaired) electrons. The quantitative estimate of drug-likeness (QED) is 0.911. The van der Waals surface area contributed by atoms with E-state index in [0.717, 1.165) is 25.7 Å². The van der Waals surface area contributed by atoms with Gasteiger partial charge in [0, 0.05) is 6.04 Å². The lowest BCUT2D eigenvalue weighted by Crippen LogP contribution is -2.43. The van der Waals surface area contributed by atoms with E-state index < -0.39 is 15.1 Å². The summed E-state index contributed by atoms with van der Waals surface area (Å²) in [5.41, 5.74) is 8.64. The van der Waals surface area contributed by atoms with E-state index in [9.17, 15) is 8.42 Å². The van der Waals surface area contributed by atoms with Gasteiger partial charge in [-0.3, -0.25) is 0 Å². The van der Waals surface area contributed by atoms with E-state index in [1.807, 2.05) is 12.1 Å². The zero-order chi connectivity index (χ0) is 14.5. The highest BCUT2D eigenvalue weighted by atomic mass is 32.2. The fourth-order valence-corrected chi connectivity index (χ4v) is 5.71. The molecule has 0 aliphatic heterocycles. The van der Waals surface area contributed by atoms with Crippen LogP contribution in [0.4, 0.5) is 0 Å². The fraction of sp³-hybridized carbons (Fsp3) is 0.625. The number of nitrogens with two attached hydrogens (primary N) is 1. The molecule has 0 spiro atoms. The van der Waals surface area contributed by atoms with Crippen LogP contribution in [0.1, 0.15) is 44.2 Å². The molecule has 0 aromatic heterocycles. The second-order valence-corrected chi connectivity index (χ2v) is 9.09. The molecule has 1 aromatic carbocycles. The molecule has 0 heterocycles. The smallest absolute Gasteiger partial charge is 0.182 e. The van der Waals surface area contributed by atoms with Crippen LogP contribution in [0.25, 0.3) is 0 Å². The Kier molecular flexibility index (Phi) is 3.22. The SMILES string of the molecule is CC1(C)CCC(S(=O)(=O)c2ccc3c(c2)CCC3)C1N. The van der Waals surface area contributed by atoms with Crippen LogP contribution >= 0.6 is 0 Å². The number of fused-ring (bicyclic) bond motifs is 1. The lowest BCUT2D eigenvalue weighted by Gasteiger charge is -2.26. The number of hydrogen-bond acceptors (Lipinski definition) is 3. The minimum atomic E-state index is -3.31. The maximum atomic E-state index is 12.9. The van der Waals surface area contributed by atoms with Crippen molar-refractivity contribution in [2.24, 2.45) is 11.1 Å². The van der Waals surface area contributed by atoms with E-state index >= 15 is 0 Å². The van der Waals surface area contributed by atoms with Crippen molar-refractivity contribution in [2.45, 2.75) is 62.1 Å². The maximum Gasteiger partial charge on any atom is 0.182 e. The molecule has 2 atom stereocenters. The average molecular weight is 293 g/mol. The molecule has 110 valence electrons. The molecular formula is C16H23NO2S. The molecule has 2 unspecified atom stereocenters. The first-order chi connectivity index (χ1) is 9.32. The number of rotatable bonds is 2. The van der Waals surface area contributed by atoms with Gasteiger partial charge in [0.25, 0.3) is 0 Å². The van der Waals surface area contributed by atoms with Crippen molar-refractivity contribution < 1.29 is 8.42 Å². The Morgan fingerprint density at radius 3 is 2.55 bits per heavy atom. The summed E-state index contributed by atoms with van der Waals surface area (Å²) >= 11 is 0. The summed E-state index contributed by atoms with van der Waals surface area (Å²) in [6, 6.07) is 5.37. The summed E-state index contributed by atoms with van der Waals surface area (Å²) in [5, 5.41) is -0.433. The molecule has 1 fully saturated rings. The van der Waals surface area contributed by atoms with Crippen molar-refractivity contribution in [1.29, 1.82) is 0 Å². The lowest BCUT2D eigenvalue weighted by molar-refractivity contribution is 0.332. The summed E-state index contributed by atoms with van der Waals surface area (Å²) in [4.78, 5) is 0.469. The van der Waals surface area contributed by atoms with Crippen LogP contribution in [-0.2, 0) is 22.7 Å². The predicted octanol–water partition coefficient (Wildman–Crippen LogP) is 2.46. The molecular weight excluding hydrogens is 270 g/mol. The predicted molar refractivity (Wildman–Crippen MR) is 80.4 cm³/mol. The monoisotopic (exact) mass is 293 g/mol. The van der Waals surface area contributed by atoms with Crippen molar-refractivity contribution in [2.75, 3.05) is 0 Å². The van der Waals surface area contributed by atoms with Gasteiger partial charge < -0.3 is 5.73 Å². The summed E-state index contributed by atoms with van der Waals surface area (Å²) in [6.07, 6.45) is 4.76. The Morgan fingerprint density at radius 1 is 1.20 bits per heavy atom. The van der Waals surface area contributed by atoms with Crippen molar-refractivity contribution >= 4 is 9.84 Å². The minimum absolute atomic E-state index is 0.0888. The molecule has 0 saturated heterocycles. The van der Waals surface area contributed by atoms with Gasteiger partial charge in [-0.05, 0) is 60.8 Å². The summed E-state index contributed by atoms with van der Waals surface area (Å²) in [7, 11) is -3.31. The average Bonchev–Trinajstić information content (AvgIpc) is 2.94.